The molecule has 1 atom stereocenters. The molecule has 10 nitrogen and oxygen atoms in total. The Balaban J connectivity index is 1.91. The number of piperidine rings is 1. The van der Waals surface area contributed by atoms with Crippen LogP contribution in [-0.2, 0) is 19.1 Å². The molecule has 3 heterocycles. The van der Waals surface area contributed by atoms with Crippen LogP contribution in [0.1, 0.15) is 53.4 Å². The zero-order chi connectivity index (χ0) is 24.2. The van der Waals surface area contributed by atoms with Crippen LogP contribution in [0.4, 0.5) is 4.79 Å². The number of nitrogens with one attached hydrogen (secondary N) is 1. The van der Waals surface area contributed by atoms with Crippen molar-refractivity contribution in [2.75, 3.05) is 46.4 Å². The molecule has 1 unspecified atom stereocenters. The number of carbonyl (C=O) groups is 2. The van der Waals surface area contributed by atoms with Crippen LogP contribution in [-0.4, -0.2) is 102 Å². The molecule has 0 saturated carbocycles. The fraction of sp³-hybridized carbons (Fsp3) is 0.783. The van der Waals surface area contributed by atoms with Gasteiger partial charge in [-0.15, -0.1) is 0 Å². The molecule has 1 amide bonds. The number of hydrogen-bond acceptors (Lipinski definition) is 9. The van der Waals surface area contributed by atoms with Gasteiger partial charge in [0.25, 0.3) is 0 Å². The first kappa shape index (κ1) is 25.2. The van der Waals surface area contributed by atoms with Crippen molar-refractivity contribution in [3.05, 3.63) is 5.82 Å². The number of carbonyl (C=O) groups excluding carboxylic acids is 3. The van der Waals surface area contributed by atoms with Gasteiger partial charge >= 0.3 is 12.1 Å². The van der Waals surface area contributed by atoms with E-state index in [0.717, 1.165) is 31.9 Å². The van der Waals surface area contributed by atoms with E-state index in [2.05, 4.69) is 15.2 Å². The average Bonchev–Trinajstić information content (AvgIpc) is 3.12. The van der Waals surface area contributed by atoms with Crippen molar-refractivity contribution in [2.45, 2.75) is 70.7 Å². The Kier molecular flexibility index (Phi) is 7.82. The Morgan fingerprint density at radius 3 is 2.33 bits per heavy atom. The van der Waals surface area contributed by atoms with Crippen LogP contribution in [0, 0.1) is 0 Å². The Hall–Kier alpha value is -2.42. The summed E-state index contributed by atoms with van der Waals surface area (Å²) in [5.41, 5.74) is -0.643. The van der Waals surface area contributed by atoms with Crippen molar-refractivity contribution < 1.29 is 23.9 Å². The second-order valence-electron chi connectivity index (χ2n) is 9.71. The lowest BCUT2D eigenvalue weighted by Gasteiger charge is -2.52. The van der Waals surface area contributed by atoms with Gasteiger partial charge in [-0.05, 0) is 40.0 Å². The van der Waals surface area contributed by atoms with Gasteiger partial charge in [-0.1, -0.05) is 6.92 Å². The smallest absolute Gasteiger partial charge is 0.410 e. The summed E-state index contributed by atoms with van der Waals surface area (Å²) >= 11 is 0. The van der Waals surface area contributed by atoms with E-state index < -0.39 is 11.3 Å². The van der Waals surface area contributed by atoms with Crippen molar-refractivity contribution in [3.8, 4) is 0 Å². The minimum absolute atomic E-state index is 0.0764. The van der Waals surface area contributed by atoms with Crippen LogP contribution in [0.3, 0.4) is 0 Å². The molecule has 0 bridgehead atoms. The lowest BCUT2D eigenvalue weighted by molar-refractivity contribution is -0.146. The van der Waals surface area contributed by atoms with Crippen LogP contribution in [0.25, 0.3) is 0 Å². The molecule has 10 heteroatoms. The second kappa shape index (κ2) is 10.2. The summed E-state index contributed by atoms with van der Waals surface area (Å²) in [5.74, 6) is 1.91. The maximum Gasteiger partial charge on any atom is 0.410 e. The monoisotopic (exact) mass is 463 g/mol. The van der Waals surface area contributed by atoms with Crippen molar-refractivity contribution in [2.24, 2.45) is 4.99 Å². The Morgan fingerprint density at radius 2 is 1.82 bits per heavy atom. The molecular weight excluding hydrogens is 426 g/mol. The molecule has 3 rings (SSSR count). The number of nitrogens with zero attached hydrogens (tertiary/aromatic N) is 4. The summed E-state index contributed by atoms with van der Waals surface area (Å²) in [5, 5.41) is 3.35. The van der Waals surface area contributed by atoms with Gasteiger partial charge in [0.05, 0.1) is 19.2 Å². The van der Waals surface area contributed by atoms with Gasteiger partial charge in [-0.2, -0.15) is 0 Å². The predicted octanol–water partition coefficient (Wildman–Crippen LogP) is 1.39. The quantitative estimate of drug-likeness (QED) is 0.482. The highest BCUT2D eigenvalue weighted by Gasteiger charge is 2.55. The first-order chi connectivity index (χ1) is 15.7. The fourth-order valence-electron chi connectivity index (χ4n) is 5.07. The van der Waals surface area contributed by atoms with Crippen molar-refractivity contribution >= 4 is 23.7 Å². The number of ether oxygens (including phenoxy) is 2. The summed E-state index contributed by atoms with van der Waals surface area (Å²) in [4.78, 5) is 47.8. The highest BCUT2D eigenvalue weighted by atomic mass is 16.6. The third-order valence-corrected chi connectivity index (χ3v) is 6.50. The van der Waals surface area contributed by atoms with Crippen molar-refractivity contribution in [1.29, 1.82) is 0 Å². The van der Waals surface area contributed by atoms with E-state index in [1.807, 2.05) is 38.5 Å². The molecule has 0 aromatic heterocycles. The van der Waals surface area contributed by atoms with E-state index in [1.54, 1.807) is 4.90 Å². The first-order valence-electron chi connectivity index (χ1n) is 11.8. The van der Waals surface area contributed by atoms with Crippen LogP contribution < -0.4 is 5.32 Å². The summed E-state index contributed by atoms with van der Waals surface area (Å²) in [6.07, 6.45) is 1.60. The molecule has 0 aromatic rings. The van der Waals surface area contributed by atoms with Crippen LogP contribution in [0.5, 0.6) is 0 Å². The van der Waals surface area contributed by atoms with E-state index >= 15 is 0 Å². The molecule has 0 aliphatic carbocycles. The number of aliphatic imine (C=N–C) groups is 1. The van der Waals surface area contributed by atoms with Crippen molar-refractivity contribution in [1.82, 2.24) is 20.0 Å². The zero-order valence-corrected chi connectivity index (χ0v) is 20.5. The zero-order valence-electron chi connectivity index (χ0n) is 20.5. The van der Waals surface area contributed by atoms with Gasteiger partial charge in [0.2, 0.25) is 5.82 Å². The van der Waals surface area contributed by atoms with Gasteiger partial charge in [0, 0.05) is 45.3 Å². The van der Waals surface area contributed by atoms with E-state index in [9.17, 15) is 14.4 Å². The molecule has 33 heavy (non-hydrogen) atoms. The summed E-state index contributed by atoms with van der Waals surface area (Å²) < 4.78 is 10.6. The Bertz CT molecular complexity index is 818. The number of likely N-dealkylation sites (tertiary alicyclic amines) is 1. The van der Waals surface area contributed by atoms with Crippen LogP contribution >= 0.6 is 0 Å². The Morgan fingerprint density at radius 1 is 1.18 bits per heavy atom. The first-order valence-corrected chi connectivity index (χ1v) is 11.8. The number of rotatable bonds is 5. The van der Waals surface area contributed by atoms with Gasteiger partial charge in [0.15, 0.2) is 5.94 Å². The lowest BCUT2D eigenvalue weighted by Crippen LogP contribution is -2.69. The molecule has 0 aromatic carbocycles. The molecule has 3 aliphatic heterocycles. The summed E-state index contributed by atoms with van der Waals surface area (Å²) in [7, 11) is 1.38. The third-order valence-electron chi connectivity index (χ3n) is 6.50. The predicted molar refractivity (Wildman–Crippen MR) is 123 cm³/mol. The molecular formula is C23H37N5O5. The number of methoxy groups -OCH3 is 1. The molecule has 0 spiro atoms. The average molecular weight is 464 g/mol. The SMILES string of the molecule is CCC1=NC(=C=O)N(C2CCN(C(=O)OC(C)(C)C)CC2)C1(CC(=O)OC)N1CCNCC1. The largest absolute Gasteiger partial charge is 0.469 e. The Labute approximate surface area is 195 Å². The number of esters is 1. The molecule has 1 N–H and O–H groups in total. The minimum Gasteiger partial charge on any atom is -0.469 e. The molecule has 184 valence electrons. The van der Waals surface area contributed by atoms with E-state index in [4.69, 9.17) is 9.47 Å². The number of piperazine rings is 1. The van der Waals surface area contributed by atoms with Gasteiger partial charge in [0.1, 0.15) is 11.3 Å². The molecule has 3 aliphatic rings. The fourth-order valence-corrected chi connectivity index (χ4v) is 5.07. The van der Waals surface area contributed by atoms with Gasteiger partial charge in [-0.3, -0.25) is 9.69 Å². The maximum atomic E-state index is 12.7. The van der Waals surface area contributed by atoms with E-state index in [0.29, 0.717) is 32.4 Å². The van der Waals surface area contributed by atoms with Crippen molar-refractivity contribution in [3.63, 3.8) is 0 Å². The van der Waals surface area contributed by atoms with Crippen LogP contribution in [0.2, 0.25) is 0 Å². The third kappa shape index (κ3) is 5.23. The highest BCUT2D eigenvalue weighted by Crippen LogP contribution is 2.41. The topological polar surface area (TPSA) is 104 Å². The molecule has 0 radical (unpaired) electrons. The van der Waals surface area contributed by atoms with E-state index in [-0.39, 0.29) is 30.3 Å². The highest BCUT2D eigenvalue weighted by molar-refractivity contribution is 6.00. The number of amides is 1. The molecule has 2 fully saturated rings. The number of hydrogen-bond donors (Lipinski definition) is 1. The maximum absolute atomic E-state index is 12.7. The minimum atomic E-state index is -0.866. The second-order valence-corrected chi connectivity index (χ2v) is 9.71. The van der Waals surface area contributed by atoms with Gasteiger partial charge in [-0.25, -0.2) is 14.6 Å². The van der Waals surface area contributed by atoms with Crippen LogP contribution in [0.15, 0.2) is 10.8 Å². The normalized spacial score (nSPS) is 25.0. The van der Waals surface area contributed by atoms with Gasteiger partial charge < -0.3 is 24.6 Å². The van der Waals surface area contributed by atoms with E-state index in [1.165, 1.54) is 7.11 Å². The molecule has 2 saturated heterocycles. The summed E-state index contributed by atoms with van der Waals surface area (Å²) in [6.45, 7) is 11.5. The standard InChI is InChI=1S/C23H37N5O5/c1-6-18-23(15-20(30)32-5,27-13-9-24-10-14-27)28(19(16-29)25-18)17-7-11-26(12-8-17)21(31)33-22(2,3)4/h17,24H,6-15H2,1-5H3. The lowest BCUT2D eigenvalue weighted by atomic mass is 9.90. The summed E-state index contributed by atoms with van der Waals surface area (Å²) in [6, 6.07) is -0.0764.